The maximum atomic E-state index is 12.5. The van der Waals surface area contributed by atoms with Gasteiger partial charge < -0.3 is 14.8 Å². The van der Waals surface area contributed by atoms with Crippen LogP contribution in [0.5, 0.6) is 0 Å². The van der Waals surface area contributed by atoms with Crippen LogP contribution in [0.3, 0.4) is 0 Å². The maximum Gasteiger partial charge on any atom is 0.418 e. The first kappa shape index (κ1) is 20.0. The number of hydroxylamine groups is 3. The van der Waals surface area contributed by atoms with Crippen LogP contribution in [-0.2, 0) is 24.3 Å². The molecule has 3 aliphatic heterocycles. The molecule has 0 radical (unpaired) electrons. The fourth-order valence-corrected chi connectivity index (χ4v) is 4.41. The largest absolute Gasteiger partial charge is 0.418 e. The van der Waals surface area contributed by atoms with E-state index in [9.17, 15) is 18.0 Å². The third kappa shape index (κ3) is 4.35. The van der Waals surface area contributed by atoms with Crippen LogP contribution in [0.1, 0.15) is 25.3 Å². The van der Waals surface area contributed by atoms with Crippen molar-refractivity contribution in [1.82, 2.24) is 30.3 Å². The third-order valence-electron chi connectivity index (χ3n) is 5.40. The Balaban J connectivity index is 1.25. The van der Waals surface area contributed by atoms with Gasteiger partial charge in [0.15, 0.2) is 0 Å². The molecule has 0 spiro atoms. The standard InChI is InChI=1S/C15H22N6O7S/c22-14(18-27-8-10-5-12(6-17-10)19-4-3-16-9-19)13-2-1-11-7-20(13)15(23)21(11)28-29(24,25)26/h3-4,9-13,17H,1-2,5-8H2,(H,18,22)(H,24,25,26)/t10-,11+,12+,13-/m0/s1. The van der Waals surface area contributed by atoms with Gasteiger partial charge in [0.1, 0.15) is 6.04 Å². The fraction of sp³-hybridized carbons (Fsp3) is 0.667. The number of aromatic nitrogens is 2. The van der Waals surface area contributed by atoms with Gasteiger partial charge in [0, 0.05) is 37.6 Å². The van der Waals surface area contributed by atoms with Gasteiger partial charge in [-0.25, -0.2) is 15.3 Å². The van der Waals surface area contributed by atoms with Crippen molar-refractivity contribution < 1.29 is 31.7 Å². The molecule has 13 nitrogen and oxygen atoms in total. The summed E-state index contributed by atoms with van der Waals surface area (Å²) in [6, 6.07) is -1.80. The number of amides is 3. The van der Waals surface area contributed by atoms with Crippen LogP contribution >= 0.6 is 0 Å². The van der Waals surface area contributed by atoms with Crippen molar-refractivity contribution >= 4 is 22.3 Å². The zero-order chi connectivity index (χ0) is 20.6. The molecule has 1 aromatic rings. The summed E-state index contributed by atoms with van der Waals surface area (Å²) in [6.45, 7) is 1.16. The molecule has 4 heterocycles. The Bertz CT molecular complexity index is 863. The topological polar surface area (TPSA) is 155 Å². The van der Waals surface area contributed by atoms with Crippen molar-refractivity contribution in [1.29, 1.82) is 0 Å². The Hall–Kier alpha value is -2.26. The molecule has 3 N–H and O–H groups in total. The van der Waals surface area contributed by atoms with Gasteiger partial charge in [-0.2, -0.15) is 13.5 Å². The highest BCUT2D eigenvalue weighted by Crippen LogP contribution is 2.30. The molecule has 3 aliphatic rings. The first-order valence-electron chi connectivity index (χ1n) is 9.21. The van der Waals surface area contributed by atoms with E-state index in [0.29, 0.717) is 17.9 Å². The van der Waals surface area contributed by atoms with Crippen LogP contribution in [0, 0.1) is 0 Å². The van der Waals surface area contributed by atoms with E-state index in [-0.39, 0.29) is 25.2 Å². The first-order chi connectivity index (χ1) is 13.8. The number of nitrogens with zero attached hydrogens (tertiary/aromatic N) is 4. The van der Waals surface area contributed by atoms with Crippen LogP contribution in [-0.4, -0.2) is 82.2 Å². The van der Waals surface area contributed by atoms with Gasteiger partial charge in [0.25, 0.3) is 5.91 Å². The van der Waals surface area contributed by atoms with E-state index < -0.39 is 34.4 Å². The van der Waals surface area contributed by atoms with Crippen molar-refractivity contribution in [3.8, 4) is 0 Å². The van der Waals surface area contributed by atoms with Gasteiger partial charge in [-0.15, -0.1) is 4.28 Å². The molecule has 3 amide bonds. The molecule has 2 bridgehead atoms. The summed E-state index contributed by atoms with van der Waals surface area (Å²) in [4.78, 5) is 35.4. The summed E-state index contributed by atoms with van der Waals surface area (Å²) < 4.78 is 37.0. The Morgan fingerprint density at radius 2 is 2.21 bits per heavy atom. The summed E-state index contributed by atoms with van der Waals surface area (Å²) in [5.41, 5.74) is 2.38. The molecular weight excluding hydrogens is 408 g/mol. The number of hydrogen-bond donors (Lipinski definition) is 3. The summed E-state index contributed by atoms with van der Waals surface area (Å²) in [5, 5.41) is 3.92. The number of rotatable bonds is 7. The molecule has 0 unspecified atom stereocenters. The number of imidazole rings is 1. The Kier molecular flexibility index (Phi) is 5.44. The summed E-state index contributed by atoms with van der Waals surface area (Å²) >= 11 is 0. The lowest BCUT2D eigenvalue weighted by atomic mass is 10.0. The molecule has 29 heavy (non-hydrogen) atoms. The van der Waals surface area contributed by atoms with Gasteiger partial charge >= 0.3 is 16.4 Å². The van der Waals surface area contributed by atoms with Gasteiger partial charge in [-0.1, -0.05) is 0 Å². The lowest BCUT2D eigenvalue weighted by molar-refractivity contribution is -0.139. The lowest BCUT2D eigenvalue weighted by Crippen LogP contribution is -2.50. The molecule has 3 saturated heterocycles. The first-order valence-corrected chi connectivity index (χ1v) is 10.6. The maximum absolute atomic E-state index is 12.5. The van der Waals surface area contributed by atoms with Crippen molar-refractivity contribution in [2.24, 2.45) is 0 Å². The zero-order valence-corrected chi connectivity index (χ0v) is 16.2. The van der Waals surface area contributed by atoms with Crippen LogP contribution in [0.15, 0.2) is 18.7 Å². The fourth-order valence-electron chi connectivity index (χ4n) is 4.02. The van der Waals surface area contributed by atoms with E-state index in [0.717, 1.165) is 13.0 Å². The predicted molar refractivity (Wildman–Crippen MR) is 95.2 cm³/mol. The smallest absolute Gasteiger partial charge is 0.333 e. The van der Waals surface area contributed by atoms with Crippen LogP contribution < -0.4 is 10.8 Å². The average Bonchev–Trinajstić information content (AvgIpc) is 3.39. The summed E-state index contributed by atoms with van der Waals surface area (Å²) in [6.07, 6.45) is 6.88. The molecule has 3 fully saturated rings. The third-order valence-corrected chi connectivity index (χ3v) is 5.75. The minimum absolute atomic E-state index is 0.0607. The Morgan fingerprint density at radius 1 is 1.38 bits per heavy atom. The van der Waals surface area contributed by atoms with Gasteiger partial charge in [0.2, 0.25) is 0 Å². The van der Waals surface area contributed by atoms with Crippen molar-refractivity contribution in [2.45, 2.75) is 43.4 Å². The molecule has 160 valence electrons. The van der Waals surface area contributed by atoms with Crippen molar-refractivity contribution in [2.75, 3.05) is 19.7 Å². The number of fused-ring (bicyclic) bond motifs is 2. The van der Waals surface area contributed by atoms with Crippen LogP contribution in [0.2, 0.25) is 0 Å². The minimum Gasteiger partial charge on any atom is -0.333 e. The normalized spacial score (nSPS) is 29.5. The second kappa shape index (κ2) is 7.87. The Morgan fingerprint density at radius 3 is 2.93 bits per heavy atom. The van der Waals surface area contributed by atoms with E-state index >= 15 is 0 Å². The Labute approximate surface area is 166 Å². The van der Waals surface area contributed by atoms with Gasteiger partial charge in [-0.3, -0.25) is 14.2 Å². The van der Waals surface area contributed by atoms with Crippen molar-refractivity contribution in [3.63, 3.8) is 0 Å². The van der Waals surface area contributed by atoms with E-state index in [2.05, 4.69) is 20.1 Å². The number of carbonyl (C=O) groups excluding carboxylic acids is 2. The molecule has 0 aliphatic carbocycles. The summed E-state index contributed by atoms with van der Waals surface area (Å²) in [7, 11) is -4.82. The number of urea groups is 1. The number of nitrogens with one attached hydrogen (secondary N) is 2. The molecule has 14 heteroatoms. The quantitative estimate of drug-likeness (QED) is 0.359. The molecular formula is C15H22N6O7S. The van der Waals surface area contributed by atoms with Crippen LogP contribution in [0.4, 0.5) is 4.79 Å². The molecule has 0 saturated carbocycles. The van der Waals surface area contributed by atoms with Crippen molar-refractivity contribution in [3.05, 3.63) is 18.7 Å². The van der Waals surface area contributed by atoms with E-state index in [4.69, 9.17) is 9.39 Å². The molecule has 0 aromatic carbocycles. The average molecular weight is 430 g/mol. The van der Waals surface area contributed by atoms with E-state index in [1.54, 1.807) is 12.5 Å². The minimum atomic E-state index is -4.82. The molecule has 4 atom stereocenters. The van der Waals surface area contributed by atoms with Gasteiger partial charge in [0.05, 0.1) is 19.0 Å². The second-order valence-corrected chi connectivity index (χ2v) is 8.30. The number of piperidine rings is 1. The highest BCUT2D eigenvalue weighted by Gasteiger charge is 2.49. The second-order valence-electron chi connectivity index (χ2n) is 7.29. The van der Waals surface area contributed by atoms with Gasteiger partial charge in [-0.05, 0) is 19.3 Å². The molecule has 4 rings (SSSR count). The SMILES string of the molecule is O=C(NOC[C@@H]1C[C@@H](n2ccnc2)CN1)[C@@H]1CC[C@@H]2CN1C(=O)N2OS(=O)(=O)O. The summed E-state index contributed by atoms with van der Waals surface area (Å²) in [5.74, 6) is -0.491. The monoisotopic (exact) mass is 430 g/mol. The molecule has 1 aromatic heterocycles. The van der Waals surface area contributed by atoms with Crippen LogP contribution in [0.25, 0.3) is 0 Å². The predicted octanol–water partition coefficient (Wildman–Crippen LogP) is -1.16. The lowest BCUT2D eigenvalue weighted by Gasteiger charge is -2.29. The zero-order valence-electron chi connectivity index (χ0n) is 15.4. The van der Waals surface area contributed by atoms with E-state index in [1.165, 1.54) is 4.90 Å². The highest BCUT2D eigenvalue weighted by atomic mass is 32.3. The highest BCUT2D eigenvalue weighted by molar-refractivity contribution is 7.80. The number of carbonyl (C=O) groups is 2. The van der Waals surface area contributed by atoms with E-state index in [1.807, 2.05) is 10.8 Å². The number of hydrogen-bond acceptors (Lipinski definition) is 8.